The Hall–Kier alpha value is -3.55. The number of aromatic nitrogens is 2. The Labute approximate surface area is 266 Å². The minimum atomic E-state index is -2.15. The summed E-state index contributed by atoms with van der Waals surface area (Å²) in [5.41, 5.74) is 1.86. The molecular weight excluding hydrogens is 596 g/mol. The van der Waals surface area contributed by atoms with Gasteiger partial charge in [0.05, 0.1) is 44.3 Å². The van der Waals surface area contributed by atoms with Crippen molar-refractivity contribution in [1.82, 2.24) is 9.97 Å². The first kappa shape index (κ1) is 35.9. The molecule has 12 heteroatoms. The third-order valence-electron chi connectivity index (χ3n) is 7.42. The minimum absolute atomic E-state index is 0.0233. The average Bonchev–Trinajstić information content (AvgIpc) is 2.99. The molecule has 0 bridgehead atoms. The molecule has 0 saturated carbocycles. The molecule has 0 spiro atoms. The number of rotatable bonds is 19. The quantitative estimate of drug-likeness (QED) is 0.133. The number of carboxylic acid groups (broad SMARTS) is 1. The largest absolute Gasteiger partial charge is 0.543 e. The van der Waals surface area contributed by atoms with Crippen LogP contribution < -0.4 is 13.9 Å². The molecule has 246 valence electrons. The van der Waals surface area contributed by atoms with Gasteiger partial charge in [0, 0.05) is 25.3 Å². The second-order valence-electron chi connectivity index (χ2n) is 11.9. The Morgan fingerprint density at radius 2 is 1.60 bits per heavy atom. The van der Waals surface area contributed by atoms with Crippen molar-refractivity contribution in [3.8, 4) is 28.6 Å². The number of hydrogen-bond acceptors (Lipinski definition) is 10. The molecule has 0 radical (unpaired) electrons. The van der Waals surface area contributed by atoms with Gasteiger partial charge < -0.3 is 38.3 Å². The number of benzene rings is 2. The van der Waals surface area contributed by atoms with Crippen LogP contribution in [0.15, 0.2) is 54.7 Å². The molecular formula is C33H46N2O9Si. The summed E-state index contributed by atoms with van der Waals surface area (Å²) >= 11 is 0. The molecule has 3 aromatic rings. The van der Waals surface area contributed by atoms with E-state index in [2.05, 4.69) is 43.8 Å². The highest BCUT2D eigenvalue weighted by molar-refractivity contribution is 6.74. The van der Waals surface area contributed by atoms with Crippen LogP contribution in [0.2, 0.25) is 18.1 Å². The van der Waals surface area contributed by atoms with E-state index in [4.69, 9.17) is 28.1 Å². The molecule has 0 fully saturated rings. The normalized spacial score (nSPS) is 12.5. The van der Waals surface area contributed by atoms with Crippen molar-refractivity contribution >= 4 is 14.3 Å². The van der Waals surface area contributed by atoms with Crippen molar-refractivity contribution in [3.05, 3.63) is 66.0 Å². The average molecular weight is 643 g/mol. The van der Waals surface area contributed by atoms with E-state index >= 15 is 0 Å². The Balaban J connectivity index is 1.68. The van der Waals surface area contributed by atoms with E-state index < -0.39 is 20.4 Å². The van der Waals surface area contributed by atoms with Crippen molar-refractivity contribution in [2.24, 2.45) is 0 Å². The van der Waals surface area contributed by atoms with E-state index in [0.717, 1.165) is 5.56 Å². The highest BCUT2D eigenvalue weighted by Gasteiger charge is 2.39. The fourth-order valence-corrected chi connectivity index (χ4v) is 4.90. The van der Waals surface area contributed by atoms with Crippen LogP contribution in [0, 0.1) is 0 Å². The Morgan fingerprint density at radius 3 is 2.29 bits per heavy atom. The molecule has 1 heterocycles. The van der Waals surface area contributed by atoms with Crippen LogP contribution >= 0.6 is 0 Å². The maximum Gasteiger partial charge on any atom is 0.332 e. The number of ether oxygens (including phenoxy) is 5. The van der Waals surface area contributed by atoms with E-state index in [1.165, 1.54) is 0 Å². The summed E-state index contributed by atoms with van der Waals surface area (Å²) in [5, 5.41) is 19.4. The van der Waals surface area contributed by atoms with Gasteiger partial charge in [-0.15, -0.1) is 0 Å². The van der Waals surface area contributed by atoms with Gasteiger partial charge in [-0.05, 0) is 54.5 Å². The van der Waals surface area contributed by atoms with Crippen molar-refractivity contribution in [2.75, 3.05) is 46.8 Å². The third-order valence-corrected chi connectivity index (χ3v) is 11.8. The SMILES string of the molecule is COCCOCCOCCOc1ccccc1-c1nccc(COc2ccc(O[Si](C)(C)C(C)(C)C)cc2CC(O)C(=O)O)n1. The maximum absolute atomic E-state index is 11.4. The first-order valence-corrected chi connectivity index (χ1v) is 17.9. The summed E-state index contributed by atoms with van der Waals surface area (Å²) in [6.45, 7) is 13.6. The Bertz CT molecular complexity index is 1360. The topological polar surface area (TPSA) is 139 Å². The fraction of sp³-hybridized carbons (Fsp3) is 0.485. The molecule has 1 aromatic heterocycles. The number of para-hydroxylation sites is 1. The zero-order valence-corrected chi connectivity index (χ0v) is 28.1. The number of carboxylic acids is 1. The Morgan fingerprint density at radius 1 is 0.911 bits per heavy atom. The van der Waals surface area contributed by atoms with Gasteiger partial charge in [0.1, 0.15) is 30.5 Å². The molecule has 3 rings (SSSR count). The van der Waals surface area contributed by atoms with Crippen molar-refractivity contribution in [1.29, 1.82) is 0 Å². The van der Waals surface area contributed by atoms with Gasteiger partial charge in [0.2, 0.25) is 8.32 Å². The minimum Gasteiger partial charge on any atom is -0.543 e. The van der Waals surface area contributed by atoms with Gasteiger partial charge in [-0.3, -0.25) is 0 Å². The summed E-state index contributed by atoms with van der Waals surface area (Å²) in [4.78, 5) is 20.6. The molecule has 1 atom stereocenters. The van der Waals surface area contributed by atoms with Crippen LogP contribution in [0.25, 0.3) is 11.4 Å². The molecule has 0 aliphatic rings. The van der Waals surface area contributed by atoms with E-state index in [0.29, 0.717) is 74.0 Å². The monoisotopic (exact) mass is 642 g/mol. The van der Waals surface area contributed by atoms with Crippen LogP contribution in [0.1, 0.15) is 32.0 Å². The van der Waals surface area contributed by atoms with Crippen LogP contribution in [-0.2, 0) is 32.0 Å². The predicted molar refractivity (Wildman–Crippen MR) is 172 cm³/mol. The van der Waals surface area contributed by atoms with Gasteiger partial charge in [-0.1, -0.05) is 32.9 Å². The van der Waals surface area contributed by atoms with Crippen molar-refractivity contribution < 1.29 is 43.1 Å². The lowest BCUT2D eigenvalue weighted by atomic mass is 10.1. The molecule has 0 aliphatic heterocycles. The first-order valence-electron chi connectivity index (χ1n) is 15.0. The molecule has 45 heavy (non-hydrogen) atoms. The van der Waals surface area contributed by atoms with Crippen molar-refractivity contribution in [3.63, 3.8) is 0 Å². The molecule has 0 saturated heterocycles. The number of hydrogen-bond donors (Lipinski definition) is 2. The predicted octanol–water partition coefficient (Wildman–Crippen LogP) is 5.15. The highest BCUT2D eigenvalue weighted by Crippen LogP contribution is 2.38. The lowest BCUT2D eigenvalue weighted by Crippen LogP contribution is -2.43. The van der Waals surface area contributed by atoms with E-state index in [1.54, 1.807) is 31.5 Å². The third kappa shape index (κ3) is 11.4. The number of carbonyl (C=O) groups is 1. The number of methoxy groups -OCH3 is 1. The summed E-state index contributed by atoms with van der Waals surface area (Å²) < 4.78 is 34.4. The summed E-state index contributed by atoms with van der Waals surface area (Å²) in [7, 11) is -0.516. The lowest BCUT2D eigenvalue weighted by molar-refractivity contribution is -0.146. The number of aliphatic hydroxyl groups is 1. The standard InChI is InChI=1S/C33H46N2O9Si/c1-33(2,3)45(5,6)44-26-11-12-29(24(21-26)22-28(36)32(37)38)43-23-25-13-14-34-31(35-25)27-9-7-8-10-30(27)42-20-19-41-18-17-40-16-15-39-4/h7-14,21,28,36H,15-20,22-23H2,1-6H3,(H,37,38). The summed E-state index contributed by atoms with van der Waals surface area (Å²) in [6.07, 6.45) is -0.0726. The second kappa shape index (κ2) is 17.2. The van der Waals surface area contributed by atoms with Crippen molar-refractivity contribution in [2.45, 2.75) is 58.0 Å². The van der Waals surface area contributed by atoms with Gasteiger partial charge >= 0.3 is 5.97 Å². The fourth-order valence-electron chi connectivity index (χ4n) is 3.87. The lowest BCUT2D eigenvalue weighted by Gasteiger charge is -2.36. The molecule has 0 aliphatic carbocycles. The second-order valence-corrected chi connectivity index (χ2v) is 16.6. The summed E-state index contributed by atoms with van der Waals surface area (Å²) in [5.74, 6) is 0.835. The number of aliphatic carboxylic acids is 1. The molecule has 1 unspecified atom stereocenters. The van der Waals surface area contributed by atoms with E-state index in [-0.39, 0.29) is 18.1 Å². The van der Waals surface area contributed by atoms with Gasteiger partial charge in [-0.2, -0.15) is 0 Å². The van der Waals surface area contributed by atoms with Crippen LogP contribution in [-0.4, -0.2) is 87.3 Å². The van der Waals surface area contributed by atoms with Crippen LogP contribution in [0.5, 0.6) is 17.2 Å². The number of aliphatic hydroxyl groups excluding tert-OH is 1. The number of nitrogens with zero attached hydrogens (tertiary/aromatic N) is 2. The maximum atomic E-state index is 11.4. The summed E-state index contributed by atoms with van der Waals surface area (Å²) in [6, 6.07) is 14.5. The van der Waals surface area contributed by atoms with E-state index in [9.17, 15) is 15.0 Å². The van der Waals surface area contributed by atoms with Crippen LogP contribution in [0.3, 0.4) is 0 Å². The van der Waals surface area contributed by atoms with Gasteiger partial charge in [-0.25, -0.2) is 14.8 Å². The zero-order valence-electron chi connectivity index (χ0n) is 27.1. The molecule has 0 amide bonds. The molecule has 2 aromatic carbocycles. The Kier molecular flexibility index (Phi) is 13.7. The van der Waals surface area contributed by atoms with Crippen LogP contribution in [0.4, 0.5) is 0 Å². The zero-order chi connectivity index (χ0) is 32.9. The van der Waals surface area contributed by atoms with E-state index in [1.807, 2.05) is 30.3 Å². The van der Waals surface area contributed by atoms with Gasteiger partial charge in [0.15, 0.2) is 11.9 Å². The smallest absolute Gasteiger partial charge is 0.332 e. The van der Waals surface area contributed by atoms with Gasteiger partial charge in [0.25, 0.3) is 0 Å². The highest BCUT2D eigenvalue weighted by atomic mass is 28.4. The first-order chi connectivity index (χ1) is 21.4. The molecule has 11 nitrogen and oxygen atoms in total. The molecule has 2 N–H and O–H groups in total.